The molecule has 2 rings (SSSR count). The van der Waals surface area contributed by atoms with Crippen LogP contribution in [0.4, 0.5) is 10.5 Å². The van der Waals surface area contributed by atoms with E-state index in [1.54, 1.807) is 36.4 Å². The number of phenols is 1. The Labute approximate surface area is 174 Å². The van der Waals surface area contributed by atoms with Crippen molar-refractivity contribution in [2.45, 2.75) is 25.6 Å². The van der Waals surface area contributed by atoms with Gasteiger partial charge in [-0.2, -0.15) is 0 Å². The topological polar surface area (TPSA) is 88.0 Å². The number of halogens is 2. The van der Waals surface area contributed by atoms with Crippen molar-refractivity contribution in [3.63, 3.8) is 0 Å². The van der Waals surface area contributed by atoms with Gasteiger partial charge in [-0.05, 0) is 49.4 Å². The van der Waals surface area contributed by atoms with E-state index >= 15 is 0 Å². The average Bonchev–Trinajstić information content (AvgIpc) is 2.64. The molecule has 0 aliphatic carbocycles. The highest BCUT2D eigenvalue weighted by atomic mass is 79.9. The second kappa shape index (κ2) is 10.7. The molecule has 0 fully saturated rings. The fraction of sp³-hybridized carbons (Fsp3) is 0.316. The van der Waals surface area contributed by atoms with Crippen molar-refractivity contribution in [1.82, 2.24) is 0 Å². The summed E-state index contributed by atoms with van der Waals surface area (Å²) in [7, 11) is 0. The maximum atomic E-state index is 12.4. The number of aliphatic hydroxyl groups is 1. The van der Waals surface area contributed by atoms with Crippen LogP contribution in [0, 0.1) is 0 Å². The summed E-state index contributed by atoms with van der Waals surface area (Å²) < 4.78 is 12.9. The van der Waals surface area contributed by atoms with Gasteiger partial charge < -0.3 is 19.7 Å². The molecule has 3 N–H and O–H groups in total. The monoisotopic (exact) mass is 501 g/mol. The predicted molar refractivity (Wildman–Crippen MR) is 110 cm³/mol. The van der Waals surface area contributed by atoms with Crippen LogP contribution in [0.25, 0.3) is 0 Å². The van der Waals surface area contributed by atoms with Crippen LogP contribution in [-0.2, 0) is 9.47 Å². The molecule has 6 nitrogen and oxygen atoms in total. The quantitative estimate of drug-likeness (QED) is 0.473. The molecule has 0 bridgehead atoms. The summed E-state index contributed by atoms with van der Waals surface area (Å²) in [6.45, 7) is 2.03. The van der Waals surface area contributed by atoms with E-state index in [2.05, 4.69) is 37.2 Å². The molecule has 2 aromatic carbocycles. The van der Waals surface area contributed by atoms with Crippen molar-refractivity contribution in [3.05, 3.63) is 57.0 Å². The highest BCUT2D eigenvalue weighted by Crippen LogP contribution is 2.34. The van der Waals surface area contributed by atoms with E-state index in [-0.39, 0.29) is 18.8 Å². The van der Waals surface area contributed by atoms with E-state index < -0.39 is 18.3 Å². The van der Waals surface area contributed by atoms with Crippen LogP contribution in [0.1, 0.15) is 25.0 Å². The maximum absolute atomic E-state index is 12.4. The zero-order valence-electron chi connectivity index (χ0n) is 14.7. The lowest BCUT2D eigenvalue weighted by Crippen LogP contribution is -2.29. The van der Waals surface area contributed by atoms with E-state index in [1.807, 2.05) is 6.92 Å². The maximum Gasteiger partial charge on any atom is 0.412 e. The Kier molecular flexibility index (Phi) is 8.56. The number of carbonyl (C=O) groups is 1. The second-order valence-corrected chi connectivity index (χ2v) is 7.50. The van der Waals surface area contributed by atoms with Crippen LogP contribution in [0.15, 0.2) is 51.4 Å². The number of aromatic hydroxyl groups is 1. The largest absolute Gasteiger partial charge is 0.508 e. The summed E-state index contributed by atoms with van der Waals surface area (Å²) >= 11 is 6.69. The van der Waals surface area contributed by atoms with Gasteiger partial charge >= 0.3 is 6.09 Å². The minimum Gasteiger partial charge on any atom is -0.508 e. The number of hydrogen-bond donors (Lipinski definition) is 3. The molecule has 0 unspecified atom stereocenters. The van der Waals surface area contributed by atoms with Crippen molar-refractivity contribution >= 4 is 43.6 Å². The predicted octanol–water partition coefficient (Wildman–Crippen LogP) is 4.99. The van der Waals surface area contributed by atoms with Crippen LogP contribution in [0.3, 0.4) is 0 Å². The Bertz CT molecular complexity index is 748. The third kappa shape index (κ3) is 6.49. The van der Waals surface area contributed by atoms with Gasteiger partial charge in [0.1, 0.15) is 11.9 Å². The van der Waals surface area contributed by atoms with Gasteiger partial charge in [0, 0.05) is 39.8 Å². The van der Waals surface area contributed by atoms with Gasteiger partial charge in [-0.1, -0.05) is 31.9 Å². The fourth-order valence-corrected chi connectivity index (χ4v) is 3.20. The first-order valence-corrected chi connectivity index (χ1v) is 9.97. The summed E-state index contributed by atoms with van der Waals surface area (Å²) in [5, 5.41) is 22.3. The molecule has 0 aliphatic heterocycles. The van der Waals surface area contributed by atoms with Crippen molar-refractivity contribution in [3.8, 4) is 5.75 Å². The Morgan fingerprint density at radius 1 is 1.15 bits per heavy atom. The second-order valence-electron chi connectivity index (χ2n) is 5.67. The minimum atomic E-state index is -0.898. The molecular weight excluding hydrogens is 482 g/mol. The molecule has 0 saturated heterocycles. The van der Waals surface area contributed by atoms with Crippen molar-refractivity contribution < 1.29 is 24.5 Å². The molecule has 2 atom stereocenters. The molecule has 0 radical (unpaired) electrons. The van der Waals surface area contributed by atoms with Gasteiger partial charge in [-0.25, -0.2) is 4.79 Å². The summed E-state index contributed by atoms with van der Waals surface area (Å²) in [5.41, 5.74) is 0.956. The van der Waals surface area contributed by atoms with Crippen LogP contribution in [-0.4, -0.2) is 35.6 Å². The smallest absolute Gasteiger partial charge is 0.412 e. The van der Waals surface area contributed by atoms with Gasteiger partial charge in [0.25, 0.3) is 0 Å². The van der Waals surface area contributed by atoms with Crippen LogP contribution >= 0.6 is 31.9 Å². The minimum absolute atomic E-state index is 0.0257. The number of ether oxygens (including phenoxy) is 2. The lowest BCUT2D eigenvalue weighted by molar-refractivity contribution is -0.0491. The van der Waals surface area contributed by atoms with Crippen molar-refractivity contribution in [1.29, 1.82) is 0 Å². The number of phenolic OH excluding ortho intramolecular Hbond substituents is 1. The van der Waals surface area contributed by atoms with Crippen molar-refractivity contribution in [2.24, 2.45) is 0 Å². The van der Waals surface area contributed by atoms with Gasteiger partial charge in [0.05, 0.1) is 0 Å². The third-order valence-electron chi connectivity index (χ3n) is 3.75. The SMILES string of the molecule is CCO[C@H](CCO)[C@H](OC(=O)Nc1ccc(Br)cc1)c1cc(Br)ccc1O. The van der Waals surface area contributed by atoms with Crippen molar-refractivity contribution in [2.75, 3.05) is 18.5 Å². The van der Waals surface area contributed by atoms with E-state index in [9.17, 15) is 15.0 Å². The standard InChI is InChI=1S/C19H21Br2NO5/c1-2-26-17(9-10-23)18(15-11-13(21)5-8-16(15)24)27-19(25)22-14-6-3-12(20)4-7-14/h3-8,11,17-18,23-24H,2,9-10H2,1H3,(H,22,25)/t17-,18-/m1/s1. The van der Waals surface area contributed by atoms with E-state index in [1.165, 1.54) is 6.07 Å². The highest BCUT2D eigenvalue weighted by molar-refractivity contribution is 9.10. The normalized spacial score (nSPS) is 13.0. The molecule has 0 spiro atoms. The van der Waals surface area contributed by atoms with E-state index in [0.29, 0.717) is 17.9 Å². The lowest BCUT2D eigenvalue weighted by Gasteiger charge is -2.27. The number of benzene rings is 2. The third-order valence-corrected chi connectivity index (χ3v) is 4.77. The Morgan fingerprint density at radius 3 is 2.44 bits per heavy atom. The van der Waals surface area contributed by atoms with E-state index in [0.717, 1.165) is 8.95 Å². The Balaban J connectivity index is 2.26. The first-order chi connectivity index (χ1) is 12.9. The summed E-state index contributed by atoms with van der Waals surface area (Å²) in [6.07, 6.45) is -1.96. The molecule has 0 saturated carbocycles. The summed E-state index contributed by atoms with van der Waals surface area (Å²) in [4.78, 5) is 12.4. The molecule has 1 amide bonds. The molecule has 0 aliphatic rings. The van der Waals surface area contributed by atoms with Gasteiger partial charge in [-0.15, -0.1) is 0 Å². The van der Waals surface area contributed by atoms with Gasteiger partial charge in [0.15, 0.2) is 6.10 Å². The highest BCUT2D eigenvalue weighted by Gasteiger charge is 2.30. The van der Waals surface area contributed by atoms with Gasteiger partial charge in [0.2, 0.25) is 0 Å². The zero-order chi connectivity index (χ0) is 19.8. The van der Waals surface area contributed by atoms with Crippen LogP contribution < -0.4 is 5.32 Å². The van der Waals surface area contributed by atoms with Crippen LogP contribution in [0.5, 0.6) is 5.75 Å². The molecule has 27 heavy (non-hydrogen) atoms. The number of rotatable bonds is 8. The number of carbonyl (C=O) groups excluding carboxylic acids is 1. The number of nitrogens with one attached hydrogen (secondary N) is 1. The Morgan fingerprint density at radius 2 is 1.81 bits per heavy atom. The Hall–Kier alpha value is -1.61. The number of amides is 1. The molecule has 0 heterocycles. The molecule has 2 aromatic rings. The molecular formula is C19H21Br2NO5. The van der Waals surface area contributed by atoms with E-state index in [4.69, 9.17) is 9.47 Å². The zero-order valence-corrected chi connectivity index (χ0v) is 17.9. The summed E-state index contributed by atoms with van der Waals surface area (Å²) in [5.74, 6) is -0.0257. The lowest BCUT2D eigenvalue weighted by atomic mass is 10.0. The molecule has 146 valence electrons. The number of hydrogen-bond acceptors (Lipinski definition) is 5. The average molecular weight is 503 g/mol. The molecule has 0 aromatic heterocycles. The van der Waals surface area contributed by atoms with Gasteiger partial charge in [-0.3, -0.25) is 5.32 Å². The number of aliphatic hydroxyl groups excluding tert-OH is 1. The summed E-state index contributed by atoms with van der Waals surface area (Å²) in [6, 6.07) is 11.9. The molecule has 8 heteroatoms. The fourth-order valence-electron chi connectivity index (χ4n) is 2.55. The first-order valence-electron chi connectivity index (χ1n) is 8.38. The van der Waals surface area contributed by atoms with Crippen LogP contribution in [0.2, 0.25) is 0 Å². The number of anilines is 1. The first kappa shape index (κ1) is 21.7.